The van der Waals surface area contributed by atoms with Crippen LogP contribution in [0.1, 0.15) is 12.5 Å². The molecule has 0 fully saturated rings. The molecule has 2 aromatic rings. The molecule has 0 spiro atoms. The molecule has 1 aromatic heterocycles. The molecule has 90 valence electrons. The van der Waals surface area contributed by atoms with Crippen LogP contribution in [0.2, 0.25) is 0 Å². The molecule has 1 aromatic carbocycles. The average molecular weight is 249 g/mol. The van der Waals surface area contributed by atoms with E-state index >= 15 is 0 Å². The highest BCUT2D eigenvalue weighted by molar-refractivity contribution is 6.18. The first-order valence-electron chi connectivity index (χ1n) is 5.90. The van der Waals surface area contributed by atoms with Crippen molar-refractivity contribution in [2.75, 3.05) is 12.4 Å². The van der Waals surface area contributed by atoms with Gasteiger partial charge in [0.15, 0.2) is 0 Å². The van der Waals surface area contributed by atoms with E-state index in [9.17, 15) is 0 Å². The molecular weight excluding hydrogens is 232 g/mol. The van der Waals surface area contributed by atoms with Crippen LogP contribution in [0.3, 0.4) is 0 Å². The molecular formula is C14H17ClN2. The third-order valence-corrected chi connectivity index (χ3v) is 3.34. The molecule has 1 atom stereocenters. The van der Waals surface area contributed by atoms with Crippen molar-refractivity contribution in [3.63, 3.8) is 0 Å². The second-order valence-electron chi connectivity index (χ2n) is 4.38. The summed E-state index contributed by atoms with van der Waals surface area (Å²) in [4.78, 5) is 4.35. The Morgan fingerprint density at radius 1 is 1.29 bits per heavy atom. The zero-order valence-corrected chi connectivity index (χ0v) is 10.7. The van der Waals surface area contributed by atoms with Gasteiger partial charge in [0.05, 0.1) is 5.52 Å². The van der Waals surface area contributed by atoms with E-state index in [-0.39, 0.29) is 0 Å². The van der Waals surface area contributed by atoms with E-state index in [2.05, 4.69) is 35.4 Å². The Hall–Kier alpha value is -1.12. The van der Waals surface area contributed by atoms with Gasteiger partial charge in [0.25, 0.3) is 0 Å². The second kappa shape index (κ2) is 5.99. The van der Waals surface area contributed by atoms with Crippen LogP contribution in [0, 0.1) is 5.92 Å². The van der Waals surface area contributed by atoms with Gasteiger partial charge in [0.2, 0.25) is 0 Å². The fraction of sp³-hybridized carbons (Fsp3) is 0.357. The third-order valence-electron chi connectivity index (χ3n) is 2.81. The minimum atomic E-state index is 0.504. The summed E-state index contributed by atoms with van der Waals surface area (Å²) in [6.07, 6.45) is 1.87. The van der Waals surface area contributed by atoms with Crippen molar-refractivity contribution < 1.29 is 0 Å². The normalized spacial score (nSPS) is 12.8. The highest BCUT2D eigenvalue weighted by atomic mass is 35.5. The lowest BCUT2D eigenvalue weighted by atomic mass is 10.1. The molecule has 1 N–H and O–H groups in total. The minimum Gasteiger partial charge on any atom is -0.312 e. The second-order valence-corrected chi connectivity index (χ2v) is 4.69. The largest absolute Gasteiger partial charge is 0.312 e. The van der Waals surface area contributed by atoms with Crippen LogP contribution >= 0.6 is 11.6 Å². The molecule has 0 aliphatic carbocycles. The summed E-state index contributed by atoms with van der Waals surface area (Å²) < 4.78 is 0. The Balaban J connectivity index is 2.08. The van der Waals surface area contributed by atoms with Gasteiger partial charge in [-0.3, -0.25) is 4.98 Å². The van der Waals surface area contributed by atoms with Crippen molar-refractivity contribution in [2.24, 2.45) is 5.92 Å². The summed E-state index contributed by atoms with van der Waals surface area (Å²) in [5.74, 6) is 1.20. The smallest absolute Gasteiger partial charge is 0.0705 e. The quantitative estimate of drug-likeness (QED) is 0.822. The topological polar surface area (TPSA) is 24.9 Å². The highest BCUT2D eigenvalue weighted by Crippen LogP contribution is 2.15. The molecule has 0 radical (unpaired) electrons. The van der Waals surface area contributed by atoms with Crippen LogP contribution in [0.15, 0.2) is 36.5 Å². The van der Waals surface area contributed by atoms with Gasteiger partial charge in [-0.2, -0.15) is 0 Å². The van der Waals surface area contributed by atoms with Crippen molar-refractivity contribution in [1.29, 1.82) is 0 Å². The number of hydrogen-bond acceptors (Lipinski definition) is 2. The summed E-state index contributed by atoms with van der Waals surface area (Å²) in [6.45, 7) is 3.95. The van der Waals surface area contributed by atoms with Crippen molar-refractivity contribution in [2.45, 2.75) is 13.5 Å². The molecule has 2 rings (SSSR count). The lowest BCUT2D eigenvalue weighted by Gasteiger charge is -2.10. The fourth-order valence-electron chi connectivity index (χ4n) is 1.82. The first-order chi connectivity index (χ1) is 8.31. The molecule has 1 unspecified atom stereocenters. The molecule has 0 bridgehead atoms. The average Bonchev–Trinajstić information content (AvgIpc) is 2.39. The van der Waals surface area contributed by atoms with Crippen LogP contribution in [-0.4, -0.2) is 17.4 Å². The molecule has 0 saturated carbocycles. The van der Waals surface area contributed by atoms with Crippen LogP contribution < -0.4 is 5.32 Å². The van der Waals surface area contributed by atoms with Gasteiger partial charge in [-0.25, -0.2) is 0 Å². The number of aromatic nitrogens is 1. The van der Waals surface area contributed by atoms with Crippen LogP contribution in [0.4, 0.5) is 0 Å². The van der Waals surface area contributed by atoms with E-state index in [0.29, 0.717) is 11.8 Å². The van der Waals surface area contributed by atoms with Gasteiger partial charge in [-0.1, -0.05) is 25.1 Å². The summed E-state index contributed by atoms with van der Waals surface area (Å²) in [7, 11) is 0. The molecule has 2 nitrogen and oxygen atoms in total. The van der Waals surface area contributed by atoms with E-state index in [0.717, 1.165) is 18.6 Å². The minimum absolute atomic E-state index is 0.504. The standard InChI is InChI=1S/C14H17ClN2/c1-11(8-15)9-16-10-12-6-7-17-14-5-3-2-4-13(12)14/h2-7,11,16H,8-10H2,1H3. The summed E-state index contributed by atoms with van der Waals surface area (Å²) in [5, 5.41) is 4.66. The number of pyridine rings is 1. The molecule has 0 aliphatic rings. The number of rotatable bonds is 5. The molecule has 0 saturated heterocycles. The number of halogens is 1. The first kappa shape index (κ1) is 12.3. The molecule has 1 heterocycles. The predicted octanol–water partition coefficient (Wildman–Crippen LogP) is 3.20. The summed E-state index contributed by atoms with van der Waals surface area (Å²) in [5.41, 5.74) is 2.34. The molecule has 0 amide bonds. The van der Waals surface area contributed by atoms with Crippen molar-refractivity contribution >= 4 is 22.5 Å². The Bertz CT molecular complexity index is 479. The Kier molecular flexibility index (Phi) is 4.35. The fourth-order valence-corrected chi connectivity index (χ4v) is 1.93. The molecule has 17 heavy (non-hydrogen) atoms. The van der Waals surface area contributed by atoms with E-state index < -0.39 is 0 Å². The Morgan fingerprint density at radius 3 is 2.94 bits per heavy atom. The molecule has 0 aliphatic heterocycles. The monoisotopic (exact) mass is 248 g/mol. The maximum atomic E-state index is 5.78. The van der Waals surface area contributed by atoms with Crippen LogP contribution in [0.25, 0.3) is 10.9 Å². The van der Waals surface area contributed by atoms with Gasteiger partial charge in [0.1, 0.15) is 0 Å². The Labute approximate surface area is 107 Å². The number of alkyl halides is 1. The van der Waals surface area contributed by atoms with Gasteiger partial charge in [-0.05, 0) is 30.2 Å². The van der Waals surface area contributed by atoms with E-state index in [1.54, 1.807) is 0 Å². The zero-order chi connectivity index (χ0) is 12.1. The highest BCUT2D eigenvalue weighted by Gasteiger charge is 2.02. The summed E-state index contributed by atoms with van der Waals surface area (Å²) >= 11 is 5.78. The van der Waals surface area contributed by atoms with Crippen LogP contribution in [0.5, 0.6) is 0 Å². The van der Waals surface area contributed by atoms with E-state index in [1.165, 1.54) is 10.9 Å². The maximum Gasteiger partial charge on any atom is 0.0705 e. The summed E-state index contributed by atoms with van der Waals surface area (Å²) in [6, 6.07) is 10.3. The van der Waals surface area contributed by atoms with E-state index in [4.69, 9.17) is 11.6 Å². The first-order valence-corrected chi connectivity index (χ1v) is 6.44. The maximum absolute atomic E-state index is 5.78. The van der Waals surface area contributed by atoms with Gasteiger partial charge in [-0.15, -0.1) is 11.6 Å². The van der Waals surface area contributed by atoms with Crippen molar-refractivity contribution in [3.05, 3.63) is 42.1 Å². The molecule has 3 heteroatoms. The lowest BCUT2D eigenvalue weighted by molar-refractivity contribution is 0.558. The zero-order valence-electron chi connectivity index (χ0n) is 9.99. The van der Waals surface area contributed by atoms with E-state index in [1.807, 2.05) is 18.3 Å². The van der Waals surface area contributed by atoms with Crippen LogP contribution in [-0.2, 0) is 6.54 Å². The lowest BCUT2D eigenvalue weighted by Crippen LogP contribution is -2.21. The number of benzene rings is 1. The number of para-hydroxylation sites is 1. The van der Waals surface area contributed by atoms with Gasteiger partial charge < -0.3 is 5.32 Å². The number of hydrogen-bond donors (Lipinski definition) is 1. The SMILES string of the molecule is CC(CCl)CNCc1ccnc2ccccc12. The third kappa shape index (κ3) is 3.18. The van der Waals surface area contributed by atoms with Gasteiger partial charge >= 0.3 is 0 Å². The number of nitrogens with zero attached hydrogens (tertiary/aromatic N) is 1. The number of fused-ring (bicyclic) bond motifs is 1. The Morgan fingerprint density at radius 2 is 2.12 bits per heavy atom. The van der Waals surface area contributed by atoms with Crippen molar-refractivity contribution in [3.8, 4) is 0 Å². The predicted molar refractivity (Wildman–Crippen MR) is 73.3 cm³/mol. The van der Waals surface area contributed by atoms with Gasteiger partial charge in [0, 0.05) is 24.0 Å². The van der Waals surface area contributed by atoms with Crippen molar-refractivity contribution in [1.82, 2.24) is 10.3 Å². The number of nitrogens with one attached hydrogen (secondary N) is 1.